The van der Waals surface area contributed by atoms with Crippen molar-refractivity contribution >= 4 is 5.78 Å². The Labute approximate surface area is 77.3 Å². The van der Waals surface area contributed by atoms with Crippen LogP contribution < -0.4 is 5.73 Å². The molecule has 0 saturated heterocycles. The second-order valence-corrected chi connectivity index (χ2v) is 2.93. The average molecular weight is 182 g/mol. The van der Waals surface area contributed by atoms with Gasteiger partial charge in [0.25, 0.3) is 0 Å². The first kappa shape index (κ1) is 9.95. The zero-order chi connectivity index (χ0) is 9.68. The van der Waals surface area contributed by atoms with Crippen molar-refractivity contribution in [2.75, 3.05) is 26.7 Å². The molecule has 2 N–H and O–H groups in total. The lowest BCUT2D eigenvalue weighted by molar-refractivity contribution is 0.0920. The van der Waals surface area contributed by atoms with Crippen molar-refractivity contribution in [3.05, 3.63) is 24.2 Å². The summed E-state index contributed by atoms with van der Waals surface area (Å²) in [6, 6.07) is 3.37. The number of likely N-dealkylation sites (N-methyl/N-ethyl adjacent to an activating group) is 1. The minimum absolute atomic E-state index is 0.0130. The van der Waals surface area contributed by atoms with E-state index in [0.717, 1.165) is 0 Å². The Balaban J connectivity index is 2.42. The Kier molecular flexibility index (Phi) is 3.67. The molecule has 0 aliphatic carbocycles. The summed E-state index contributed by atoms with van der Waals surface area (Å²) in [7, 11) is 1.85. The van der Waals surface area contributed by atoms with Crippen molar-refractivity contribution in [1.29, 1.82) is 0 Å². The Morgan fingerprint density at radius 1 is 1.69 bits per heavy atom. The van der Waals surface area contributed by atoms with E-state index in [1.54, 1.807) is 12.1 Å². The summed E-state index contributed by atoms with van der Waals surface area (Å²) in [5, 5.41) is 0. The van der Waals surface area contributed by atoms with E-state index >= 15 is 0 Å². The van der Waals surface area contributed by atoms with Crippen LogP contribution in [0, 0.1) is 0 Å². The number of furan rings is 1. The number of hydrogen-bond donors (Lipinski definition) is 1. The molecule has 1 heterocycles. The van der Waals surface area contributed by atoms with Crippen LogP contribution in [0.5, 0.6) is 0 Å². The van der Waals surface area contributed by atoms with E-state index in [-0.39, 0.29) is 5.78 Å². The Bertz CT molecular complexity index is 257. The molecule has 72 valence electrons. The predicted molar refractivity (Wildman–Crippen MR) is 49.6 cm³/mol. The van der Waals surface area contributed by atoms with Crippen molar-refractivity contribution in [2.24, 2.45) is 5.73 Å². The number of nitrogens with zero attached hydrogens (tertiary/aromatic N) is 1. The molecule has 0 amide bonds. The molecule has 1 rings (SSSR count). The minimum atomic E-state index is -0.0130. The molecule has 0 saturated carbocycles. The van der Waals surface area contributed by atoms with Crippen LogP contribution in [0.1, 0.15) is 10.6 Å². The minimum Gasteiger partial charge on any atom is -0.461 e. The van der Waals surface area contributed by atoms with Crippen molar-refractivity contribution < 1.29 is 9.21 Å². The van der Waals surface area contributed by atoms with Gasteiger partial charge in [0.2, 0.25) is 5.78 Å². The molecule has 0 bridgehead atoms. The number of rotatable bonds is 5. The van der Waals surface area contributed by atoms with E-state index in [9.17, 15) is 4.79 Å². The van der Waals surface area contributed by atoms with Crippen LogP contribution in [0.4, 0.5) is 0 Å². The fourth-order valence-electron chi connectivity index (χ4n) is 1.06. The molecule has 4 heteroatoms. The highest BCUT2D eigenvalue weighted by Gasteiger charge is 2.10. The number of nitrogens with two attached hydrogens (primary N) is 1. The third kappa shape index (κ3) is 3.01. The van der Waals surface area contributed by atoms with Crippen LogP contribution in [0.15, 0.2) is 22.8 Å². The Hall–Kier alpha value is -1.13. The molecule has 0 unspecified atom stereocenters. The molecule has 0 aliphatic rings. The highest BCUT2D eigenvalue weighted by Crippen LogP contribution is 2.01. The number of carbonyl (C=O) groups is 1. The van der Waals surface area contributed by atoms with Gasteiger partial charge in [-0.25, -0.2) is 0 Å². The summed E-state index contributed by atoms with van der Waals surface area (Å²) >= 11 is 0. The lowest BCUT2D eigenvalue weighted by Crippen LogP contribution is -2.30. The van der Waals surface area contributed by atoms with Crippen molar-refractivity contribution in [1.82, 2.24) is 4.90 Å². The summed E-state index contributed by atoms with van der Waals surface area (Å²) < 4.78 is 4.97. The molecule has 1 aromatic rings. The number of hydrogen-bond acceptors (Lipinski definition) is 4. The maximum atomic E-state index is 11.4. The number of carbonyl (C=O) groups excluding carboxylic acids is 1. The third-order valence-corrected chi connectivity index (χ3v) is 1.72. The first-order valence-corrected chi connectivity index (χ1v) is 4.19. The highest BCUT2D eigenvalue weighted by atomic mass is 16.3. The van der Waals surface area contributed by atoms with E-state index in [2.05, 4.69) is 0 Å². The van der Waals surface area contributed by atoms with Gasteiger partial charge in [-0.05, 0) is 19.2 Å². The summed E-state index contributed by atoms with van der Waals surface area (Å²) in [6.07, 6.45) is 1.50. The molecule has 4 nitrogen and oxygen atoms in total. The van der Waals surface area contributed by atoms with Crippen molar-refractivity contribution in [3.63, 3.8) is 0 Å². The average Bonchev–Trinajstić information content (AvgIpc) is 2.55. The quantitative estimate of drug-likeness (QED) is 0.668. The first-order chi connectivity index (χ1) is 6.24. The van der Waals surface area contributed by atoms with Crippen molar-refractivity contribution in [2.45, 2.75) is 0 Å². The normalized spacial score (nSPS) is 10.7. The van der Waals surface area contributed by atoms with E-state index in [4.69, 9.17) is 10.2 Å². The smallest absolute Gasteiger partial charge is 0.211 e. The zero-order valence-electron chi connectivity index (χ0n) is 7.69. The molecule has 0 spiro atoms. The molecule has 0 radical (unpaired) electrons. The van der Waals surface area contributed by atoms with Crippen LogP contribution in [0.2, 0.25) is 0 Å². The summed E-state index contributed by atoms with van der Waals surface area (Å²) in [4.78, 5) is 13.3. The van der Waals surface area contributed by atoms with Gasteiger partial charge in [-0.15, -0.1) is 0 Å². The zero-order valence-corrected chi connectivity index (χ0v) is 7.69. The van der Waals surface area contributed by atoms with E-state index in [0.29, 0.717) is 25.4 Å². The van der Waals surface area contributed by atoms with Crippen LogP contribution in [-0.2, 0) is 0 Å². The summed E-state index contributed by atoms with van der Waals surface area (Å²) in [5.41, 5.74) is 5.35. The molecule has 0 atom stereocenters. The Morgan fingerprint density at radius 2 is 2.46 bits per heavy atom. The van der Waals surface area contributed by atoms with Gasteiger partial charge in [-0.1, -0.05) is 0 Å². The topological polar surface area (TPSA) is 59.5 Å². The molecule has 0 aromatic carbocycles. The van der Waals surface area contributed by atoms with Crippen LogP contribution in [-0.4, -0.2) is 37.4 Å². The summed E-state index contributed by atoms with van der Waals surface area (Å²) in [5.74, 6) is 0.393. The monoisotopic (exact) mass is 182 g/mol. The van der Waals surface area contributed by atoms with E-state index < -0.39 is 0 Å². The standard InChI is InChI=1S/C9H14N2O2/c1-11(5-4-10)7-8(12)9-3-2-6-13-9/h2-3,6H,4-5,7,10H2,1H3. The maximum absolute atomic E-state index is 11.4. The van der Waals surface area contributed by atoms with Gasteiger partial charge in [0.15, 0.2) is 5.76 Å². The predicted octanol–water partition coefficient (Wildman–Crippen LogP) is 0.353. The third-order valence-electron chi connectivity index (χ3n) is 1.72. The van der Waals surface area contributed by atoms with Gasteiger partial charge >= 0.3 is 0 Å². The molecule has 13 heavy (non-hydrogen) atoms. The molecular formula is C9H14N2O2. The van der Waals surface area contributed by atoms with E-state index in [1.807, 2.05) is 11.9 Å². The lowest BCUT2D eigenvalue weighted by Gasteiger charge is -2.12. The molecule has 1 aromatic heterocycles. The maximum Gasteiger partial charge on any atom is 0.211 e. The van der Waals surface area contributed by atoms with Crippen molar-refractivity contribution in [3.8, 4) is 0 Å². The first-order valence-electron chi connectivity index (χ1n) is 4.19. The number of ketones is 1. The van der Waals surface area contributed by atoms with Gasteiger partial charge in [-0.3, -0.25) is 9.69 Å². The highest BCUT2D eigenvalue weighted by molar-refractivity contribution is 5.94. The van der Waals surface area contributed by atoms with Gasteiger partial charge < -0.3 is 10.2 Å². The fourth-order valence-corrected chi connectivity index (χ4v) is 1.06. The number of Topliss-reactive ketones (excluding diaryl/α,β-unsaturated/α-hetero) is 1. The van der Waals surface area contributed by atoms with E-state index in [1.165, 1.54) is 6.26 Å². The molecule has 0 fully saturated rings. The van der Waals surface area contributed by atoms with Crippen LogP contribution >= 0.6 is 0 Å². The Morgan fingerprint density at radius 3 is 3.00 bits per heavy atom. The second-order valence-electron chi connectivity index (χ2n) is 2.93. The van der Waals surface area contributed by atoms with Gasteiger partial charge in [0.1, 0.15) is 0 Å². The molecular weight excluding hydrogens is 168 g/mol. The van der Waals surface area contributed by atoms with Crippen LogP contribution in [0.3, 0.4) is 0 Å². The van der Waals surface area contributed by atoms with Gasteiger partial charge in [0.05, 0.1) is 12.8 Å². The second kappa shape index (κ2) is 4.79. The fraction of sp³-hybridized carbons (Fsp3) is 0.444. The largest absolute Gasteiger partial charge is 0.461 e. The van der Waals surface area contributed by atoms with Gasteiger partial charge in [-0.2, -0.15) is 0 Å². The summed E-state index contributed by atoms with van der Waals surface area (Å²) in [6.45, 7) is 1.62. The molecule has 0 aliphatic heterocycles. The lowest BCUT2D eigenvalue weighted by atomic mass is 10.3. The SMILES string of the molecule is CN(CCN)CC(=O)c1ccco1. The van der Waals surface area contributed by atoms with Crippen LogP contribution in [0.25, 0.3) is 0 Å². The van der Waals surface area contributed by atoms with Gasteiger partial charge in [0, 0.05) is 13.1 Å².